The van der Waals surface area contributed by atoms with Gasteiger partial charge in [0.1, 0.15) is 16.9 Å². The molecular weight excluding hydrogens is 261 g/mol. The molecule has 0 aliphatic rings. The Bertz CT molecular complexity index is 806. The van der Waals surface area contributed by atoms with Crippen molar-refractivity contribution in [3.63, 3.8) is 0 Å². The highest BCUT2D eigenvalue weighted by atomic mass is 19.1. The number of fused-ring (bicyclic) bond motifs is 1. The smallest absolute Gasteiger partial charge is 0.339 e. The maximum Gasteiger partial charge on any atom is 0.339 e. The summed E-state index contributed by atoms with van der Waals surface area (Å²) in [5.41, 5.74) is 1.84. The van der Waals surface area contributed by atoms with Gasteiger partial charge in [-0.2, -0.15) is 0 Å². The molecule has 0 bridgehead atoms. The normalized spacial score (nSPS) is 10.9. The van der Waals surface area contributed by atoms with Gasteiger partial charge in [-0.25, -0.2) is 14.2 Å². The third kappa shape index (κ3) is 2.03. The largest absolute Gasteiger partial charge is 0.478 e. The summed E-state index contributed by atoms with van der Waals surface area (Å²) >= 11 is 0. The molecule has 0 atom stereocenters. The van der Waals surface area contributed by atoms with Gasteiger partial charge in [0, 0.05) is 11.6 Å². The van der Waals surface area contributed by atoms with Gasteiger partial charge in [-0.15, -0.1) is 0 Å². The van der Waals surface area contributed by atoms with Gasteiger partial charge in [0.2, 0.25) is 5.89 Å². The summed E-state index contributed by atoms with van der Waals surface area (Å²) in [4.78, 5) is 15.2. The molecular formula is C15H10FNO3. The van der Waals surface area contributed by atoms with E-state index in [0.29, 0.717) is 5.56 Å². The number of carboxylic acid groups (broad SMARTS) is 1. The van der Waals surface area contributed by atoms with Gasteiger partial charge in [-0.3, -0.25) is 0 Å². The zero-order valence-corrected chi connectivity index (χ0v) is 10.6. The Morgan fingerprint density at radius 1 is 1.25 bits per heavy atom. The number of carboxylic acids is 1. The second kappa shape index (κ2) is 4.45. The highest BCUT2D eigenvalue weighted by Crippen LogP contribution is 2.27. The van der Waals surface area contributed by atoms with Crippen molar-refractivity contribution in [3.8, 4) is 11.5 Å². The SMILES string of the molecule is Cc1ccc(-c2nc3cc(F)cc(C(=O)O)c3o2)cc1. The number of carbonyl (C=O) groups is 1. The summed E-state index contributed by atoms with van der Waals surface area (Å²) in [6, 6.07) is 9.50. The molecule has 0 saturated carbocycles. The highest BCUT2D eigenvalue weighted by Gasteiger charge is 2.17. The molecule has 0 amide bonds. The second-order valence-corrected chi connectivity index (χ2v) is 4.49. The van der Waals surface area contributed by atoms with Crippen LogP contribution in [0.2, 0.25) is 0 Å². The van der Waals surface area contributed by atoms with E-state index < -0.39 is 11.8 Å². The molecule has 0 fully saturated rings. The molecule has 0 unspecified atom stereocenters. The van der Waals surface area contributed by atoms with Crippen LogP contribution < -0.4 is 0 Å². The lowest BCUT2D eigenvalue weighted by Crippen LogP contribution is -1.97. The van der Waals surface area contributed by atoms with E-state index in [2.05, 4.69) is 4.98 Å². The van der Waals surface area contributed by atoms with Gasteiger partial charge in [-0.1, -0.05) is 17.7 Å². The molecule has 1 aromatic heterocycles. The predicted octanol–water partition coefficient (Wildman–Crippen LogP) is 3.64. The van der Waals surface area contributed by atoms with Crippen LogP contribution in [0.15, 0.2) is 40.8 Å². The maximum absolute atomic E-state index is 13.4. The van der Waals surface area contributed by atoms with E-state index in [0.717, 1.165) is 17.7 Å². The number of oxazole rings is 1. The molecule has 20 heavy (non-hydrogen) atoms. The van der Waals surface area contributed by atoms with Gasteiger partial charge in [0.25, 0.3) is 0 Å². The van der Waals surface area contributed by atoms with E-state index >= 15 is 0 Å². The van der Waals surface area contributed by atoms with Crippen molar-refractivity contribution in [2.75, 3.05) is 0 Å². The van der Waals surface area contributed by atoms with Gasteiger partial charge in [-0.05, 0) is 25.1 Å². The first-order chi connectivity index (χ1) is 9.54. The van der Waals surface area contributed by atoms with Crippen molar-refractivity contribution < 1.29 is 18.7 Å². The molecule has 5 heteroatoms. The van der Waals surface area contributed by atoms with Crippen molar-refractivity contribution in [1.29, 1.82) is 0 Å². The van der Waals surface area contributed by atoms with E-state index in [-0.39, 0.29) is 22.6 Å². The molecule has 1 heterocycles. The zero-order valence-electron chi connectivity index (χ0n) is 10.6. The van der Waals surface area contributed by atoms with Gasteiger partial charge >= 0.3 is 5.97 Å². The third-order valence-electron chi connectivity index (χ3n) is 2.98. The Kier molecular flexibility index (Phi) is 2.75. The predicted molar refractivity (Wildman–Crippen MR) is 71.1 cm³/mol. The molecule has 3 aromatic rings. The minimum atomic E-state index is -1.25. The Balaban J connectivity index is 2.22. The van der Waals surface area contributed by atoms with Crippen LogP contribution in [0.25, 0.3) is 22.6 Å². The van der Waals surface area contributed by atoms with Crippen LogP contribution in [0, 0.1) is 12.7 Å². The van der Waals surface area contributed by atoms with Crippen LogP contribution in [-0.2, 0) is 0 Å². The van der Waals surface area contributed by atoms with Crippen LogP contribution in [0.3, 0.4) is 0 Å². The summed E-state index contributed by atoms with van der Waals surface area (Å²) in [7, 11) is 0. The Hall–Kier alpha value is -2.69. The average Bonchev–Trinajstić information content (AvgIpc) is 2.81. The number of aryl methyl sites for hydroxylation is 1. The first-order valence-corrected chi connectivity index (χ1v) is 5.95. The number of nitrogens with zero attached hydrogens (tertiary/aromatic N) is 1. The van der Waals surface area contributed by atoms with Crippen LogP contribution in [-0.4, -0.2) is 16.1 Å². The van der Waals surface area contributed by atoms with Crippen LogP contribution in [0.4, 0.5) is 4.39 Å². The molecule has 0 spiro atoms. The number of benzene rings is 2. The lowest BCUT2D eigenvalue weighted by atomic mass is 10.1. The second-order valence-electron chi connectivity index (χ2n) is 4.49. The van der Waals surface area contributed by atoms with Crippen molar-refractivity contribution >= 4 is 17.1 Å². The third-order valence-corrected chi connectivity index (χ3v) is 2.98. The lowest BCUT2D eigenvalue weighted by Gasteiger charge is -1.96. The molecule has 4 nitrogen and oxygen atoms in total. The van der Waals surface area contributed by atoms with Crippen molar-refractivity contribution in [2.45, 2.75) is 6.92 Å². The van der Waals surface area contributed by atoms with E-state index in [1.54, 1.807) is 0 Å². The Labute approximate surface area is 113 Å². The molecule has 0 radical (unpaired) electrons. The topological polar surface area (TPSA) is 63.3 Å². The molecule has 100 valence electrons. The van der Waals surface area contributed by atoms with Crippen LogP contribution in [0.1, 0.15) is 15.9 Å². The fraction of sp³-hybridized carbons (Fsp3) is 0.0667. The fourth-order valence-electron chi connectivity index (χ4n) is 1.98. The van der Waals surface area contributed by atoms with Crippen LogP contribution >= 0.6 is 0 Å². The van der Waals surface area contributed by atoms with E-state index in [1.165, 1.54) is 0 Å². The zero-order chi connectivity index (χ0) is 14.3. The summed E-state index contributed by atoms with van der Waals surface area (Å²) in [6.45, 7) is 1.95. The van der Waals surface area contributed by atoms with E-state index in [9.17, 15) is 9.18 Å². The van der Waals surface area contributed by atoms with Gasteiger partial charge < -0.3 is 9.52 Å². The number of aromatic nitrogens is 1. The van der Waals surface area contributed by atoms with Gasteiger partial charge in [0.15, 0.2) is 5.58 Å². The number of halogens is 1. The highest BCUT2D eigenvalue weighted by molar-refractivity contribution is 6.00. The lowest BCUT2D eigenvalue weighted by molar-refractivity contribution is 0.0697. The molecule has 2 aromatic carbocycles. The standard InChI is InChI=1S/C15H10FNO3/c1-8-2-4-9(5-3-8)14-17-12-7-10(16)6-11(15(18)19)13(12)20-14/h2-7H,1H3,(H,18,19). The quantitative estimate of drug-likeness (QED) is 0.772. The minimum Gasteiger partial charge on any atom is -0.478 e. The Morgan fingerprint density at radius 2 is 1.95 bits per heavy atom. The Morgan fingerprint density at radius 3 is 2.60 bits per heavy atom. The summed E-state index contributed by atoms with van der Waals surface area (Å²) in [5.74, 6) is -1.63. The van der Waals surface area contributed by atoms with Crippen molar-refractivity contribution in [1.82, 2.24) is 4.98 Å². The van der Waals surface area contributed by atoms with Gasteiger partial charge in [0.05, 0.1) is 0 Å². The van der Waals surface area contributed by atoms with E-state index in [4.69, 9.17) is 9.52 Å². The molecule has 1 N–H and O–H groups in total. The molecule has 0 saturated heterocycles. The minimum absolute atomic E-state index is 0.0782. The first kappa shape index (κ1) is 12.3. The number of hydrogen-bond acceptors (Lipinski definition) is 3. The molecule has 0 aliphatic carbocycles. The van der Waals surface area contributed by atoms with E-state index in [1.807, 2.05) is 31.2 Å². The van der Waals surface area contributed by atoms with Crippen molar-refractivity contribution in [2.24, 2.45) is 0 Å². The fourth-order valence-corrected chi connectivity index (χ4v) is 1.98. The number of aromatic carboxylic acids is 1. The van der Waals surface area contributed by atoms with Crippen molar-refractivity contribution in [3.05, 3.63) is 53.3 Å². The summed E-state index contributed by atoms with van der Waals surface area (Å²) in [5, 5.41) is 9.07. The molecule has 0 aliphatic heterocycles. The monoisotopic (exact) mass is 271 g/mol. The summed E-state index contributed by atoms with van der Waals surface area (Å²) in [6.07, 6.45) is 0. The maximum atomic E-state index is 13.4. The van der Waals surface area contributed by atoms with Crippen LogP contribution in [0.5, 0.6) is 0 Å². The number of hydrogen-bond donors (Lipinski definition) is 1. The average molecular weight is 271 g/mol. The summed E-state index contributed by atoms with van der Waals surface area (Å²) < 4.78 is 18.9. The first-order valence-electron chi connectivity index (χ1n) is 5.95. The molecule has 3 rings (SSSR count). The number of rotatable bonds is 2.